The largest absolute Gasteiger partial charge is 0.444 e. The molecule has 6 heteroatoms. The molecule has 0 radical (unpaired) electrons. The van der Waals surface area contributed by atoms with E-state index in [2.05, 4.69) is 21.0 Å². The number of likely N-dealkylation sites (tertiary alicyclic amines) is 1. The molecule has 142 valence electrons. The number of hydrogen-bond donors (Lipinski definition) is 1. The molecule has 1 amide bonds. The summed E-state index contributed by atoms with van der Waals surface area (Å²) in [5, 5.41) is 3.67. The summed E-state index contributed by atoms with van der Waals surface area (Å²) in [6.07, 6.45) is 7.53. The number of rotatable bonds is 5. The van der Waals surface area contributed by atoms with E-state index in [4.69, 9.17) is 11.2 Å². The zero-order chi connectivity index (χ0) is 18.3. The van der Waals surface area contributed by atoms with Crippen LogP contribution < -0.4 is 5.32 Å². The van der Waals surface area contributed by atoms with Crippen LogP contribution >= 0.6 is 0 Å². The molecule has 2 aliphatic heterocycles. The van der Waals surface area contributed by atoms with Crippen LogP contribution in [-0.4, -0.2) is 91.3 Å². The minimum absolute atomic E-state index is 0.191. The van der Waals surface area contributed by atoms with Crippen molar-refractivity contribution >= 4 is 6.09 Å². The summed E-state index contributed by atoms with van der Waals surface area (Å²) < 4.78 is 5.44. The van der Waals surface area contributed by atoms with E-state index in [1.54, 1.807) is 0 Å². The molecule has 0 aromatic rings. The maximum atomic E-state index is 12.1. The van der Waals surface area contributed by atoms with E-state index in [1.807, 2.05) is 25.7 Å². The molecule has 25 heavy (non-hydrogen) atoms. The minimum atomic E-state index is -0.423. The van der Waals surface area contributed by atoms with Crippen molar-refractivity contribution in [2.24, 2.45) is 0 Å². The Hall–Kier alpha value is -1.29. The predicted octanol–water partition coefficient (Wildman–Crippen LogP) is 1.23. The van der Waals surface area contributed by atoms with Gasteiger partial charge in [-0.3, -0.25) is 9.80 Å². The predicted molar refractivity (Wildman–Crippen MR) is 101 cm³/mol. The smallest absolute Gasteiger partial charge is 0.410 e. The molecule has 6 nitrogen and oxygen atoms in total. The number of piperazine rings is 1. The van der Waals surface area contributed by atoms with Crippen molar-refractivity contribution in [3.05, 3.63) is 0 Å². The number of amides is 1. The summed E-state index contributed by atoms with van der Waals surface area (Å²) in [4.78, 5) is 18.6. The van der Waals surface area contributed by atoms with Gasteiger partial charge in [0.05, 0.1) is 6.54 Å². The van der Waals surface area contributed by atoms with Crippen molar-refractivity contribution in [3.63, 3.8) is 0 Å². The molecule has 2 fully saturated rings. The number of nitrogens with zero attached hydrogens (tertiary/aromatic N) is 3. The second-order valence-electron chi connectivity index (χ2n) is 8.02. The highest BCUT2D eigenvalue weighted by Crippen LogP contribution is 2.12. The SMILES string of the molecule is C#CCN1CCC(NCCN2CCN(C(=O)OC(C)(C)C)CC2)CC1. The van der Waals surface area contributed by atoms with E-state index >= 15 is 0 Å². The average molecular weight is 351 g/mol. The minimum Gasteiger partial charge on any atom is -0.444 e. The number of nitrogens with one attached hydrogen (secondary N) is 1. The van der Waals surface area contributed by atoms with Gasteiger partial charge in [-0.15, -0.1) is 6.42 Å². The average Bonchev–Trinajstić information content (AvgIpc) is 2.56. The summed E-state index contributed by atoms with van der Waals surface area (Å²) in [5.41, 5.74) is -0.423. The van der Waals surface area contributed by atoms with Gasteiger partial charge in [-0.05, 0) is 33.6 Å². The van der Waals surface area contributed by atoms with Gasteiger partial charge in [0.25, 0.3) is 0 Å². The zero-order valence-corrected chi connectivity index (χ0v) is 16.1. The lowest BCUT2D eigenvalue weighted by atomic mass is 10.1. The molecule has 1 N–H and O–H groups in total. The standard InChI is InChI=1S/C19H34N4O2/c1-5-9-21-10-6-17(7-11-21)20-8-12-22-13-15-23(16-14-22)18(24)25-19(2,3)4/h1,17,20H,6-16H2,2-4H3. The monoisotopic (exact) mass is 350 g/mol. The Morgan fingerprint density at radius 1 is 1.12 bits per heavy atom. The van der Waals surface area contributed by atoms with Crippen LogP contribution in [0.4, 0.5) is 4.79 Å². The summed E-state index contributed by atoms with van der Waals surface area (Å²) in [5.74, 6) is 2.72. The summed E-state index contributed by atoms with van der Waals surface area (Å²) in [6.45, 7) is 14.1. The second kappa shape index (κ2) is 9.42. The van der Waals surface area contributed by atoms with Gasteiger partial charge < -0.3 is 15.0 Å². The molecule has 0 atom stereocenters. The van der Waals surface area contributed by atoms with E-state index in [-0.39, 0.29) is 6.09 Å². The third kappa shape index (κ3) is 7.23. The van der Waals surface area contributed by atoms with Crippen molar-refractivity contribution in [1.29, 1.82) is 0 Å². The Bertz CT molecular complexity index is 453. The van der Waals surface area contributed by atoms with Gasteiger partial charge in [0.2, 0.25) is 0 Å². The van der Waals surface area contributed by atoms with Gasteiger partial charge in [0, 0.05) is 58.4 Å². The molecule has 0 aromatic carbocycles. The van der Waals surface area contributed by atoms with E-state index in [0.717, 1.165) is 58.9 Å². The maximum absolute atomic E-state index is 12.1. The van der Waals surface area contributed by atoms with Crippen LogP contribution in [0.2, 0.25) is 0 Å². The van der Waals surface area contributed by atoms with Gasteiger partial charge in [0.1, 0.15) is 5.60 Å². The molecule has 2 rings (SSSR count). The topological polar surface area (TPSA) is 48.0 Å². The highest BCUT2D eigenvalue weighted by molar-refractivity contribution is 5.68. The lowest BCUT2D eigenvalue weighted by Crippen LogP contribution is -2.51. The molecule has 0 unspecified atom stereocenters. The number of ether oxygens (including phenoxy) is 1. The summed E-state index contributed by atoms with van der Waals surface area (Å²) in [6, 6.07) is 0.608. The number of hydrogen-bond acceptors (Lipinski definition) is 5. The van der Waals surface area contributed by atoms with E-state index in [0.29, 0.717) is 6.04 Å². The molecule has 0 aromatic heterocycles. The first-order valence-electron chi connectivity index (χ1n) is 9.47. The number of carbonyl (C=O) groups excluding carboxylic acids is 1. The molecule has 2 saturated heterocycles. The van der Waals surface area contributed by atoms with Crippen molar-refractivity contribution in [3.8, 4) is 12.3 Å². The van der Waals surface area contributed by atoms with Gasteiger partial charge in [-0.1, -0.05) is 5.92 Å². The van der Waals surface area contributed by atoms with Crippen LogP contribution in [0, 0.1) is 12.3 Å². The van der Waals surface area contributed by atoms with Crippen LogP contribution in [0.1, 0.15) is 33.6 Å². The molecule has 0 bridgehead atoms. The summed E-state index contributed by atoms with van der Waals surface area (Å²) in [7, 11) is 0. The normalized spacial score (nSPS) is 21.1. The van der Waals surface area contributed by atoms with E-state index < -0.39 is 5.60 Å². The number of carbonyl (C=O) groups is 1. The lowest BCUT2D eigenvalue weighted by molar-refractivity contribution is 0.0145. The second-order valence-corrected chi connectivity index (χ2v) is 8.02. The Balaban J connectivity index is 1.57. The summed E-state index contributed by atoms with van der Waals surface area (Å²) >= 11 is 0. The van der Waals surface area contributed by atoms with Gasteiger partial charge in [0.15, 0.2) is 0 Å². The molecule has 0 spiro atoms. The molecular formula is C19H34N4O2. The first kappa shape index (κ1) is 20.0. The molecular weight excluding hydrogens is 316 g/mol. The fourth-order valence-corrected chi connectivity index (χ4v) is 3.33. The first-order chi connectivity index (χ1) is 11.9. The fraction of sp³-hybridized carbons (Fsp3) is 0.842. The van der Waals surface area contributed by atoms with Crippen LogP contribution in [0.25, 0.3) is 0 Å². The zero-order valence-electron chi connectivity index (χ0n) is 16.1. The Morgan fingerprint density at radius 2 is 1.76 bits per heavy atom. The molecule has 0 aliphatic carbocycles. The van der Waals surface area contributed by atoms with Crippen molar-refractivity contribution in [2.75, 3.05) is 58.9 Å². The van der Waals surface area contributed by atoms with Crippen LogP contribution in [0.3, 0.4) is 0 Å². The van der Waals surface area contributed by atoms with E-state index in [1.165, 1.54) is 12.8 Å². The highest BCUT2D eigenvalue weighted by atomic mass is 16.6. The third-order valence-corrected chi connectivity index (χ3v) is 4.79. The van der Waals surface area contributed by atoms with E-state index in [9.17, 15) is 4.79 Å². The fourth-order valence-electron chi connectivity index (χ4n) is 3.33. The lowest BCUT2D eigenvalue weighted by Gasteiger charge is -2.36. The number of terminal acetylenes is 1. The van der Waals surface area contributed by atoms with Gasteiger partial charge >= 0.3 is 6.09 Å². The van der Waals surface area contributed by atoms with Crippen molar-refractivity contribution in [2.45, 2.75) is 45.3 Å². The van der Waals surface area contributed by atoms with Crippen LogP contribution in [0.15, 0.2) is 0 Å². The Morgan fingerprint density at radius 3 is 2.32 bits per heavy atom. The van der Waals surface area contributed by atoms with Crippen LogP contribution in [-0.2, 0) is 4.74 Å². The molecule has 2 aliphatic rings. The first-order valence-corrected chi connectivity index (χ1v) is 9.47. The van der Waals surface area contributed by atoms with Crippen molar-refractivity contribution < 1.29 is 9.53 Å². The van der Waals surface area contributed by atoms with Gasteiger partial charge in [-0.2, -0.15) is 0 Å². The highest BCUT2D eigenvalue weighted by Gasteiger charge is 2.25. The number of piperidine rings is 1. The van der Waals surface area contributed by atoms with Gasteiger partial charge in [-0.25, -0.2) is 4.79 Å². The molecule has 0 saturated carbocycles. The Kier molecular flexibility index (Phi) is 7.55. The maximum Gasteiger partial charge on any atom is 0.410 e. The molecule has 2 heterocycles. The Labute approximate surface area is 152 Å². The van der Waals surface area contributed by atoms with Crippen molar-refractivity contribution in [1.82, 2.24) is 20.0 Å². The quantitative estimate of drug-likeness (QED) is 0.756. The van der Waals surface area contributed by atoms with Crippen LogP contribution in [0.5, 0.6) is 0 Å². The third-order valence-electron chi connectivity index (χ3n) is 4.79.